The van der Waals surface area contributed by atoms with Gasteiger partial charge in [-0.15, -0.1) is 11.3 Å². The van der Waals surface area contributed by atoms with E-state index in [-0.39, 0.29) is 0 Å². The summed E-state index contributed by atoms with van der Waals surface area (Å²) in [6.07, 6.45) is 7.29. The van der Waals surface area contributed by atoms with Crippen LogP contribution < -0.4 is 0 Å². The first-order valence-electron chi connectivity index (χ1n) is 5.84. The highest BCUT2D eigenvalue weighted by Crippen LogP contribution is 2.29. The predicted octanol–water partition coefficient (Wildman–Crippen LogP) is 4.21. The third-order valence-electron chi connectivity index (χ3n) is 3.41. The lowest BCUT2D eigenvalue weighted by atomic mass is 9.98. The van der Waals surface area contributed by atoms with Gasteiger partial charge in [-0.25, -0.2) is 0 Å². The maximum absolute atomic E-state index is 11.9. The molecule has 0 bridgehead atoms. The van der Waals surface area contributed by atoms with Crippen LogP contribution in [0.5, 0.6) is 0 Å². The number of rotatable bonds is 4. The van der Waals surface area contributed by atoms with E-state index in [0.29, 0.717) is 5.78 Å². The molecule has 1 nitrogen and oxygen atoms in total. The number of hydrogen-bond acceptors (Lipinski definition) is 2. The second kappa shape index (κ2) is 4.93. The summed E-state index contributed by atoms with van der Waals surface area (Å²) in [4.78, 5) is 13.1. The van der Waals surface area contributed by atoms with Crippen LogP contribution in [0.25, 0.3) is 0 Å². The molecule has 2 heteroatoms. The molecule has 0 spiro atoms. The molecule has 1 heterocycles. The van der Waals surface area contributed by atoms with Crippen LogP contribution in [0.3, 0.4) is 0 Å². The Morgan fingerprint density at radius 1 is 1.47 bits per heavy atom. The molecule has 1 aliphatic carbocycles. The maximum atomic E-state index is 11.9. The van der Waals surface area contributed by atoms with E-state index in [9.17, 15) is 4.79 Å². The monoisotopic (exact) mass is 222 g/mol. The second-order valence-corrected chi connectivity index (χ2v) is 5.62. The molecule has 0 unspecified atom stereocenters. The van der Waals surface area contributed by atoms with Gasteiger partial charge in [-0.1, -0.05) is 25.7 Å². The van der Waals surface area contributed by atoms with Crippen LogP contribution in [0.15, 0.2) is 11.4 Å². The Morgan fingerprint density at radius 2 is 2.20 bits per heavy atom. The van der Waals surface area contributed by atoms with E-state index >= 15 is 0 Å². The molecule has 2 rings (SSSR count). The van der Waals surface area contributed by atoms with Crippen molar-refractivity contribution in [3.63, 3.8) is 0 Å². The van der Waals surface area contributed by atoms with Crippen molar-refractivity contribution in [1.29, 1.82) is 0 Å². The molecule has 0 saturated heterocycles. The van der Waals surface area contributed by atoms with Crippen molar-refractivity contribution >= 4 is 17.1 Å². The summed E-state index contributed by atoms with van der Waals surface area (Å²) in [5.41, 5.74) is 0.956. The molecule has 1 aliphatic rings. The van der Waals surface area contributed by atoms with Gasteiger partial charge in [-0.3, -0.25) is 4.79 Å². The molecule has 0 N–H and O–H groups in total. The summed E-state index contributed by atoms with van der Waals surface area (Å²) in [6, 6.07) is 1.97. The van der Waals surface area contributed by atoms with E-state index in [1.165, 1.54) is 30.6 Å². The Hall–Kier alpha value is -0.630. The van der Waals surface area contributed by atoms with Gasteiger partial charge in [0.2, 0.25) is 0 Å². The fourth-order valence-corrected chi connectivity index (χ4v) is 3.16. The molecule has 15 heavy (non-hydrogen) atoms. The normalized spacial score (nSPS) is 17.1. The average Bonchev–Trinajstić information content (AvgIpc) is 2.84. The van der Waals surface area contributed by atoms with Gasteiger partial charge in [0.25, 0.3) is 0 Å². The number of thiophene rings is 1. The van der Waals surface area contributed by atoms with Crippen molar-refractivity contribution in [3.8, 4) is 0 Å². The van der Waals surface area contributed by atoms with Gasteiger partial charge in [0, 0.05) is 16.9 Å². The third kappa shape index (κ3) is 2.69. The van der Waals surface area contributed by atoms with Crippen molar-refractivity contribution in [1.82, 2.24) is 0 Å². The number of carbonyl (C=O) groups is 1. The van der Waals surface area contributed by atoms with Crippen molar-refractivity contribution in [3.05, 3.63) is 21.9 Å². The summed E-state index contributed by atoms with van der Waals surface area (Å²) in [5, 5.41) is 2.01. The summed E-state index contributed by atoms with van der Waals surface area (Å²) >= 11 is 1.67. The third-order valence-corrected chi connectivity index (χ3v) is 4.26. The van der Waals surface area contributed by atoms with Gasteiger partial charge >= 0.3 is 0 Å². The largest absolute Gasteiger partial charge is 0.294 e. The first-order chi connectivity index (χ1) is 7.27. The first-order valence-corrected chi connectivity index (χ1v) is 6.72. The highest BCUT2D eigenvalue weighted by Gasteiger charge is 2.17. The molecule has 0 atom stereocenters. The molecule has 1 fully saturated rings. The van der Waals surface area contributed by atoms with E-state index in [1.807, 2.05) is 18.4 Å². The zero-order valence-corrected chi connectivity index (χ0v) is 10.1. The lowest BCUT2D eigenvalue weighted by molar-refractivity contribution is 0.0974. The van der Waals surface area contributed by atoms with E-state index in [0.717, 1.165) is 24.3 Å². The van der Waals surface area contributed by atoms with Crippen molar-refractivity contribution in [2.45, 2.75) is 45.4 Å². The number of carbonyl (C=O) groups excluding carboxylic acids is 1. The van der Waals surface area contributed by atoms with Crippen LogP contribution in [0.4, 0.5) is 0 Å². The lowest BCUT2D eigenvalue weighted by Crippen LogP contribution is -2.02. The quantitative estimate of drug-likeness (QED) is 0.697. The van der Waals surface area contributed by atoms with Crippen LogP contribution >= 0.6 is 11.3 Å². The zero-order valence-electron chi connectivity index (χ0n) is 9.29. The van der Waals surface area contributed by atoms with Crippen LogP contribution in [-0.2, 0) is 0 Å². The van der Waals surface area contributed by atoms with Crippen molar-refractivity contribution in [2.24, 2.45) is 5.92 Å². The Bertz CT molecular complexity index is 334. The Morgan fingerprint density at radius 3 is 2.80 bits per heavy atom. The molecular weight excluding hydrogens is 204 g/mol. The SMILES string of the molecule is Cc1sccc1C(=O)CCC1CCCC1. The van der Waals surface area contributed by atoms with E-state index < -0.39 is 0 Å². The first kappa shape index (κ1) is 10.9. The van der Waals surface area contributed by atoms with E-state index in [2.05, 4.69) is 0 Å². The van der Waals surface area contributed by atoms with Gasteiger partial charge in [-0.2, -0.15) is 0 Å². The molecule has 0 aliphatic heterocycles. The minimum Gasteiger partial charge on any atom is -0.294 e. The molecule has 82 valence electrons. The Kier molecular flexibility index (Phi) is 3.57. The Labute approximate surface area is 95.5 Å². The fourth-order valence-electron chi connectivity index (χ4n) is 2.44. The minimum atomic E-state index is 0.348. The van der Waals surface area contributed by atoms with Gasteiger partial charge in [0.1, 0.15) is 0 Å². The molecule has 1 aromatic rings. The fraction of sp³-hybridized carbons (Fsp3) is 0.615. The highest BCUT2D eigenvalue weighted by atomic mass is 32.1. The van der Waals surface area contributed by atoms with Gasteiger partial charge in [0.15, 0.2) is 5.78 Å². The Balaban J connectivity index is 1.84. The molecule has 0 radical (unpaired) electrons. The standard InChI is InChI=1S/C13H18OS/c1-10-12(8-9-15-10)13(14)7-6-11-4-2-3-5-11/h8-9,11H,2-7H2,1H3. The average molecular weight is 222 g/mol. The highest BCUT2D eigenvalue weighted by molar-refractivity contribution is 7.10. The van der Waals surface area contributed by atoms with Crippen LogP contribution in [0, 0.1) is 12.8 Å². The van der Waals surface area contributed by atoms with Crippen molar-refractivity contribution in [2.75, 3.05) is 0 Å². The van der Waals surface area contributed by atoms with E-state index in [4.69, 9.17) is 0 Å². The van der Waals surface area contributed by atoms with Gasteiger partial charge < -0.3 is 0 Å². The minimum absolute atomic E-state index is 0.348. The summed E-state index contributed by atoms with van der Waals surface area (Å²) < 4.78 is 0. The molecule has 0 amide bonds. The van der Waals surface area contributed by atoms with Gasteiger partial charge in [0.05, 0.1) is 0 Å². The molecular formula is C13H18OS. The predicted molar refractivity (Wildman–Crippen MR) is 64.6 cm³/mol. The number of aryl methyl sites for hydroxylation is 1. The smallest absolute Gasteiger partial charge is 0.163 e. The van der Waals surface area contributed by atoms with Crippen LogP contribution in [-0.4, -0.2) is 5.78 Å². The number of hydrogen-bond donors (Lipinski definition) is 0. The van der Waals surface area contributed by atoms with Crippen LogP contribution in [0.1, 0.15) is 53.8 Å². The zero-order chi connectivity index (χ0) is 10.7. The molecule has 0 aromatic carbocycles. The van der Waals surface area contributed by atoms with E-state index in [1.54, 1.807) is 11.3 Å². The molecule has 1 saturated carbocycles. The second-order valence-electron chi connectivity index (χ2n) is 4.50. The maximum Gasteiger partial charge on any atom is 0.163 e. The number of ketones is 1. The molecule has 1 aromatic heterocycles. The van der Waals surface area contributed by atoms with Crippen LogP contribution in [0.2, 0.25) is 0 Å². The summed E-state index contributed by atoms with van der Waals surface area (Å²) in [6.45, 7) is 2.04. The summed E-state index contributed by atoms with van der Waals surface area (Å²) in [7, 11) is 0. The topological polar surface area (TPSA) is 17.1 Å². The number of Topliss-reactive ketones (excluding diaryl/α,β-unsaturated/α-hetero) is 1. The summed E-state index contributed by atoms with van der Waals surface area (Å²) in [5.74, 6) is 1.17. The lowest BCUT2D eigenvalue weighted by Gasteiger charge is -2.07. The van der Waals surface area contributed by atoms with Crippen molar-refractivity contribution < 1.29 is 4.79 Å². The van der Waals surface area contributed by atoms with Gasteiger partial charge in [-0.05, 0) is 30.7 Å².